The van der Waals surface area contributed by atoms with Crippen LogP contribution in [-0.2, 0) is 4.79 Å². The number of amides is 1. The number of carbonyl (C=O) groups excluding carboxylic acids is 1. The molecular weight excluding hydrogens is 325 g/mol. The molecule has 3 aromatic rings. The first kappa shape index (κ1) is 16.7. The lowest BCUT2D eigenvalue weighted by Gasteiger charge is -2.15. The maximum atomic E-state index is 12.9. The van der Waals surface area contributed by atoms with Gasteiger partial charge in [-0.05, 0) is 55.8 Å². The minimum atomic E-state index is -0.793. The highest BCUT2D eigenvalue weighted by Gasteiger charge is 2.15. The van der Waals surface area contributed by atoms with Gasteiger partial charge in [0.1, 0.15) is 17.1 Å². The van der Waals surface area contributed by atoms with Gasteiger partial charge in [-0.15, -0.1) is 0 Å². The molecule has 3 rings (SSSR count). The quantitative estimate of drug-likeness (QED) is 0.736. The monoisotopic (exact) mass is 341 g/mol. The van der Waals surface area contributed by atoms with Gasteiger partial charge >= 0.3 is 5.63 Å². The van der Waals surface area contributed by atoms with E-state index in [1.165, 1.54) is 30.3 Å². The first-order valence-corrected chi connectivity index (χ1v) is 7.70. The smallest absolute Gasteiger partial charge is 0.336 e. The molecule has 6 heteroatoms. The summed E-state index contributed by atoms with van der Waals surface area (Å²) in [6, 6.07) is 11.9. The Hall–Kier alpha value is -3.15. The van der Waals surface area contributed by atoms with Crippen molar-refractivity contribution in [2.75, 3.05) is 5.32 Å². The van der Waals surface area contributed by atoms with Crippen LogP contribution in [0.15, 0.2) is 57.7 Å². The van der Waals surface area contributed by atoms with Crippen LogP contribution in [0.2, 0.25) is 0 Å². The lowest BCUT2D eigenvalue weighted by molar-refractivity contribution is -0.122. The third kappa shape index (κ3) is 3.85. The van der Waals surface area contributed by atoms with Crippen molar-refractivity contribution >= 4 is 22.6 Å². The molecule has 25 heavy (non-hydrogen) atoms. The Labute approximate surface area is 143 Å². The molecule has 1 N–H and O–H groups in total. The number of carbonyl (C=O) groups is 1. The first-order valence-electron chi connectivity index (χ1n) is 7.70. The molecule has 0 aliphatic carbocycles. The van der Waals surface area contributed by atoms with Gasteiger partial charge < -0.3 is 14.5 Å². The van der Waals surface area contributed by atoms with Crippen LogP contribution >= 0.6 is 0 Å². The molecule has 0 aliphatic heterocycles. The van der Waals surface area contributed by atoms with Crippen molar-refractivity contribution in [1.82, 2.24) is 0 Å². The summed E-state index contributed by atoms with van der Waals surface area (Å²) in [5.41, 5.74) is 1.24. The van der Waals surface area contributed by atoms with E-state index < -0.39 is 11.7 Å². The van der Waals surface area contributed by atoms with E-state index in [0.29, 0.717) is 17.0 Å². The van der Waals surface area contributed by atoms with E-state index in [2.05, 4.69) is 5.32 Å². The molecule has 0 spiro atoms. The molecule has 1 heterocycles. The largest absolute Gasteiger partial charge is 0.481 e. The summed E-state index contributed by atoms with van der Waals surface area (Å²) in [6.07, 6.45) is -0.793. The van der Waals surface area contributed by atoms with Crippen LogP contribution in [0.3, 0.4) is 0 Å². The van der Waals surface area contributed by atoms with Crippen LogP contribution in [0.4, 0.5) is 10.1 Å². The van der Waals surface area contributed by atoms with E-state index in [9.17, 15) is 14.0 Å². The molecular formula is C19H16FNO4. The van der Waals surface area contributed by atoms with Crippen LogP contribution in [0.25, 0.3) is 11.0 Å². The molecule has 128 valence electrons. The van der Waals surface area contributed by atoms with Gasteiger partial charge in [0, 0.05) is 23.2 Å². The predicted molar refractivity (Wildman–Crippen MR) is 92.3 cm³/mol. The lowest BCUT2D eigenvalue weighted by atomic mass is 10.1. The lowest BCUT2D eigenvalue weighted by Crippen LogP contribution is -2.30. The van der Waals surface area contributed by atoms with Gasteiger partial charge in [0.15, 0.2) is 6.10 Å². The fraction of sp³-hybridized carbons (Fsp3) is 0.158. The normalized spacial score (nSPS) is 12.0. The molecule has 2 aromatic carbocycles. The Morgan fingerprint density at radius 1 is 1.16 bits per heavy atom. The second-order valence-corrected chi connectivity index (χ2v) is 5.66. The Kier molecular flexibility index (Phi) is 4.52. The van der Waals surface area contributed by atoms with E-state index in [0.717, 1.165) is 10.9 Å². The third-order valence-electron chi connectivity index (χ3n) is 3.72. The summed E-state index contributed by atoms with van der Waals surface area (Å²) in [6.45, 7) is 3.41. The highest BCUT2D eigenvalue weighted by Crippen LogP contribution is 2.23. The van der Waals surface area contributed by atoms with Gasteiger partial charge in [-0.3, -0.25) is 4.79 Å². The van der Waals surface area contributed by atoms with Crippen LogP contribution in [0, 0.1) is 12.7 Å². The zero-order valence-corrected chi connectivity index (χ0v) is 13.7. The van der Waals surface area contributed by atoms with E-state index in [4.69, 9.17) is 9.15 Å². The van der Waals surface area contributed by atoms with Crippen molar-refractivity contribution in [3.63, 3.8) is 0 Å². The maximum absolute atomic E-state index is 12.9. The van der Waals surface area contributed by atoms with Crippen molar-refractivity contribution in [2.24, 2.45) is 0 Å². The summed E-state index contributed by atoms with van der Waals surface area (Å²) in [4.78, 5) is 23.6. The van der Waals surface area contributed by atoms with Crippen LogP contribution in [0.1, 0.15) is 12.5 Å². The van der Waals surface area contributed by atoms with Crippen molar-refractivity contribution in [1.29, 1.82) is 0 Å². The van der Waals surface area contributed by atoms with E-state index in [-0.39, 0.29) is 11.7 Å². The molecule has 0 bridgehead atoms. The number of hydrogen-bond acceptors (Lipinski definition) is 4. The molecule has 1 atom stereocenters. The minimum Gasteiger partial charge on any atom is -0.481 e. The Morgan fingerprint density at radius 3 is 2.60 bits per heavy atom. The van der Waals surface area contributed by atoms with Crippen molar-refractivity contribution < 1.29 is 18.3 Å². The van der Waals surface area contributed by atoms with Gasteiger partial charge in [0.25, 0.3) is 5.91 Å². The highest BCUT2D eigenvalue weighted by atomic mass is 19.1. The average Bonchev–Trinajstić information content (AvgIpc) is 2.56. The van der Waals surface area contributed by atoms with E-state index in [1.54, 1.807) is 25.1 Å². The van der Waals surface area contributed by atoms with Crippen LogP contribution in [-0.4, -0.2) is 12.0 Å². The Balaban J connectivity index is 1.74. The molecule has 1 amide bonds. The van der Waals surface area contributed by atoms with Crippen molar-refractivity contribution in [3.05, 3.63) is 70.3 Å². The van der Waals surface area contributed by atoms with Crippen molar-refractivity contribution in [3.8, 4) is 5.75 Å². The summed E-state index contributed by atoms with van der Waals surface area (Å²) in [7, 11) is 0. The first-order chi connectivity index (χ1) is 11.9. The molecule has 0 fully saturated rings. The van der Waals surface area contributed by atoms with Gasteiger partial charge in [-0.1, -0.05) is 0 Å². The second kappa shape index (κ2) is 6.76. The van der Waals surface area contributed by atoms with Gasteiger partial charge in [0.05, 0.1) is 0 Å². The number of benzene rings is 2. The van der Waals surface area contributed by atoms with Gasteiger partial charge in [-0.2, -0.15) is 0 Å². The molecule has 0 saturated carbocycles. The zero-order chi connectivity index (χ0) is 18.0. The molecule has 0 saturated heterocycles. The van der Waals surface area contributed by atoms with Crippen molar-refractivity contribution in [2.45, 2.75) is 20.0 Å². The molecule has 0 aliphatic rings. The molecule has 1 aromatic heterocycles. The maximum Gasteiger partial charge on any atom is 0.336 e. The number of halogens is 1. The van der Waals surface area contributed by atoms with Crippen LogP contribution in [0.5, 0.6) is 5.75 Å². The number of nitrogens with one attached hydrogen (secondary N) is 1. The fourth-order valence-corrected chi connectivity index (χ4v) is 2.41. The number of anilines is 1. The predicted octanol–water partition coefficient (Wildman–Crippen LogP) is 3.65. The van der Waals surface area contributed by atoms with E-state index in [1.807, 2.05) is 6.92 Å². The summed E-state index contributed by atoms with van der Waals surface area (Å²) in [5, 5.41) is 3.44. The number of rotatable bonds is 4. The number of fused-ring (bicyclic) bond motifs is 1. The molecule has 0 radical (unpaired) electrons. The SMILES string of the molecule is Cc1cc(=O)oc2cc(O[C@H](C)C(=O)Nc3ccc(F)cc3)ccc12. The Morgan fingerprint density at radius 2 is 1.88 bits per heavy atom. The standard InChI is InChI=1S/C19H16FNO4/c1-11-9-18(22)25-17-10-15(7-8-16(11)17)24-12(2)19(23)21-14-5-3-13(20)4-6-14/h3-10,12H,1-2H3,(H,21,23)/t12-/m1/s1. The summed E-state index contributed by atoms with van der Waals surface area (Å²) >= 11 is 0. The topological polar surface area (TPSA) is 68.5 Å². The second-order valence-electron chi connectivity index (χ2n) is 5.66. The van der Waals surface area contributed by atoms with Gasteiger partial charge in [0.2, 0.25) is 0 Å². The summed E-state index contributed by atoms with van der Waals surface area (Å²) < 4.78 is 23.7. The minimum absolute atomic E-state index is 0.377. The summed E-state index contributed by atoms with van der Waals surface area (Å²) in [5.74, 6) is -0.351. The zero-order valence-electron chi connectivity index (χ0n) is 13.7. The number of hydrogen-bond donors (Lipinski definition) is 1. The third-order valence-corrected chi connectivity index (χ3v) is 3.72. The van der Waals surface area contributed by atoms with E-state index >= 15 is 0 Å². The average molecular weight is 341 g/mol. The molecule has 5 nitrogen and oxygen atoms in total. The highest BCUT2D eigenvalue weighted by molar-refractivity contribution is 5.94. The fourth-order valence-electron chi connectivity index (χ4n) is 2.41. The molecule has 0 unspecified atom stereocenters. The van der Waals surface area contributed by atoms with Crippen LogP contribution < -0.4 is 15.7 Å². The van der Waals surface area contributed by atoms with Gasteiger partial charge in [-0.25, -0.2) is 9.18 Å². The number of aryl methyl sites for hydroxylation is 1. The Bertz CT molecular complexity index is 979. The number of ether oxygens (including phenoxy) is 1.